The van der Waals surface area contributed by atoms with E-state index >= 15 is 0 Å². The Kier molecular flexibility index (Phi) is 6.95. The molecule has 1 aliphatic rings. The Hall–Kier alpha value is -2.64. The summed E-state index contributed by atoms with van der Waals surface area (Å²) in [5.41, 5.74) is -0.467. The van der Waals surface area contributed by atoms with E-state index < -0.39 is 11.4 Å². The van der Waals surface area contributed by atoms with Crippen LogP contribution in [0.3, 0.4) is 0 Å². The van der Waals surface area contributed by atoms with Crippen LogP contribution >= 0.6 is 0 Å². The summed E-state index contributed by atoms with van der Waals surface area (Å²) in [6.07, 6.45) is 0.207. The van der Waals surface area contributed by atoms with Gasteiger partial charge in [-0.3, -0.25) is 14.5 Å². The lowest BCUT2D eigenvalue weighted by Gasteiger charge is -2.31. The average Bonchev–Trinajstić information content (AvgIpc) is 2.74. The van der Waals surface area contributed by atoms with Crippen LogP contribution < -0.4 is 4.74 Å². The molecule has 30 heavy (non-hydrogen) atoms. The van der Waals surface area contributed by atoms with Gasteiger partial charge in [-0.25, -0.2) is 0 Å². The fourth-order valence-corrected chi connectivity index (χ4v) is 3.67. The summed E-state index contributed by atoms with van der Waals surface area (Å²) in [6, 6.07) is 11.3. The Morgan fingerprint density at radius 3 is 2.40 bits per heavy atom. The van der Waals surface area contributed by atoms with Gasteiger partial charge in [-0.05, 0) is 42.4 Å². The first kappa shape index (κ1) is 22.1. The highest BCUT2D eigenvalue weighted by Gasteiger charge is 2.35. The van der Waals surface area contributed by atoms with Gasteiger partial charge in [0.2, 0.25) is 0 Å². The van der Waals surface area contributed by atoms with Gasteiger partial charge in [-0.15, -0.1) is 0 Å². The third-order valence-corrected chi connectivity index (χ3v) is 5.97. The van der Waals surface area contributed by atoms with Crippen LogP contribution in [0.15, 0.2) is 36.4 Å². The molecule has 162 valence electrons. The number of ether oxygens (including phenoxy) is 2. The lowest BCUT2D eigenvalue weighted by atomic mass is 9.79. The average molecular weight is 415 g/mol. The molecule has 1 fully saturated rings. The predicted octanol–water partition coefficient (Wildman–Crippen LogP) is 2.37. The molecule has 1 unspecified atom stereocenters. The fourth-order valence-electron chi connectivity index (χ4n) is 3.67. The molecular formula is C23H30N2O5. The summed E-state index contributed by atoms with van der Waals surface area (Å²) >= 11 is 0. The molecule has 3 rings (SSSR count). The number of benzene rings is 2. The molecule has 0 spiro atoms. The standard InChI is InChI=1S/C23H30N2O5/c1-23(22(27)28,8-13-30-21(26)16-25-11-9-24(2)10-12-25)19-6-4-18-15-20(29-3)7-5-17(18)14-19/h4-7,14-15H,8-13,16H2,1-3H3,(H,27,28). The lowest BCUT2D eigenvalue weighted by molar-refractivity contribution is -0.149. The van der Waals surface area contributed by atoms with Gasteiger partial charge >= 0.3 is 11.9 Å². The molecule has 2 aromatic rings. The zero-order chi connectivity index (χ0) is 21.7. The van der Waals surface area contributed by atoms with Crippen molar-refractivity contribution in [3.63, 3.8) is 0 Å². The lowest BCUT2D eigenvalue weighted by Crippen LogP contribution is -2.46. The summed E-state index contributed by atoms with van der Waals surface area (Å²) in [5, 5.41) is 11.8. The summed E-state index contributed by atoms with van der Waals surface area (Å²) in [7, 11) is 3.67. The molecule has 0 aromatic heterocycles. The van der Waals surface area contributed by atoms with E-state index in [4.69, 9.17) is 9.47 Å². The number of hydrogen-bond donors (Lipinski definition) is 1. The first-order valence-corrected chi connectivity index (χ1v) is 10.2. The van der Waals surface area contributed by atoms with Gasteiger partial charge in [0.1, 0.15) is 5.75 Å². The third kappa shape index (κ3) is 5.09. The van der Waals surface area contributed by atoms with Crippen molar-refractivity contribution in [3.05, 3.63) is 42.0 Å². The van der Waals surface area contributed by atoms with Crippen molar-refractivity contribution in [2.45, 2.75) is 18.8 Å². The summed E-state index contributed by atoms with van der Waals surface area (Å²) in [6.45, 7) is 5.51. The van der Waals surface area contributed by atoms with Gasteiger partial charge in [0.05, 0.1) is 25.7 Å². The van der Waals surface area contributed by atoms with E-state index in [9.17, 15) is 14.7 Å². The zero-order valence-corrected chi connectivity index (χ0v) is 17.9. The molecule has 1 heterocycles. The predicted molar refractivity (Wildman–Crippen MR) is 115 cm³/mol. The Labute approximate surface area is 177 Å². The van der Waals surface area contributed by atoms with Crippen LogP contribution in [0.25, 0.3) is 10.8 Å². The van der Waals surface area contributed by atoms with Gasteiger partial charge in [0.15, 0.2) is 0 Å². The molecule has 7 heteroatoms. The largest absolute Gasteiger partial charge is 0.497 e. The number of rotatable bonds is 8. The molecule has 2 aromatic carbocycles. The quantitative estimate of drug-likeness (QED) is 0.665. The molecule has 1 atom stereocenters. The second kappa shape index (κ2) is 9.45. The number of esters is 1. The SMILES string of the molecule is COc1ccc2cc(C(C)(CCOC(=O)CN3CCN(C)CC3)C(=O)O)ccc2c1. The topological polar surface area (TPSA) is 79.3 Å². The summed E-state index contributed by atoms with van der Waals surface area (Å²) < 4.78 is 10.6. The minimum atomic E-state index is -1.15. The van der Waals surface area contributed by atoms with Gasteiger partial charge in [0, 0.05) is 32.6 Å². The number of methoxy groups -OCH3 is 1. The number of carbonyl (C=O) groups excluding carboxylic acids is 1. The van der Waals surface area contributed by atoms with Crippen molar-refractivity contribution in [3.8, 4) is 5.75 Å². The van der Waals surface area contributed by atoms with Gasteiger partial charge in [-0.2, -0.15) is 0 Å². The minimum Gasteiger partial charge on any atom is -0.497 e. The van der Waals surface area contributed by atoms with Crippen molar-refractivity contribution < 1.29 is 24.2 Å². The minimum absolute atomic E-state index is 0.0655. The van der Waals surface area contributed by atoms with Gasteiger partial charge in [-0.1, -0.05) is 24.3 Å². The maximum atomic E-state index is 12.2. The van der Waals surface area contributed by atoms with Crippen molar-refractivity contribution in [2.24, 2.45) is 0 Å². The third-order valence-electron chi connectivity index (χ3n) is 5.97. The highest BCUT2D eigenvalue weighted by Crippen LogP contribution is 2.32. The number of hydrogen-bond acceptors (Lipinski definition) is 6. The first-order chi connectivity index (χ1) is 14.3. The van der Waals surface area contributed by atoms with Crippen molar-refractivity contribution in [2.75, 3.05) is 53.5 Å². The van der Waals surface area contributed by atoms with Gasteiger partial charge in [0.25, 0.3) is 0 Å². The van der Waals surface area contributed by atoms with E-state index in [1.54, 1.807) is 14.0 Å². The number of fused-ring (bicyclic) bond motifs is 1. The highest BCUT2D eigenvalue weighted by molar-refractivity contribution is 5.88. The number of carbonyl (C=O) groups is 2. The molecule has 1 aliphatic heterocycles. The van der Waals surface area contributed by atoms with Crippen LogP contribution in [-0.2, 0) is 19.7 Å². The van der Waals surface area contributed by atoms with E-state index in [1.807, 2.05) is 36.4 Å². The van der Waals surface area contributed by atoms with Crippen LogP contribution in [0.1, 0.15) is 18.9 Å². The van der Waals surface area contributed by atoms with E-state index in [0.29, 0.717) is 5.56 Å². The number of nitrogens with zero attached hydrogens (tertiary/aromatic N) is 2. The molecule has 0 amide bonds. The molecule has 7 nitrogen and oxygen atoms in total. The van der Waals surface area contributed by atoms with Gasteiger partial charge < -0.3 is 19.5 Å². The summed E-state index contributed by atoms with van der Waals surface area (Å²) in [5.74, 6) is -0.494. The molecule has 0 saturated carbocycles. The first-order valence-electron chi connectivity index (χ1n) is 10.2. The molecule has 1 saturated heterocycles. The van der Waals surface area contributed by atoms with Crippen LogP contribution in [0, 0.1) is 0 Å². The van der Waals surface area contributed by atoms with E-state index in [1.165, 1.54) is 0 Å². The van der Waals surface area contributed by atoms with Crippen molar-refractivity contribution >= 4 is 22.7 Å². The Bertz CT molecular complexity index is 908. The number of aliphatic carboxylic acids is 1. The van der Waals surface area contributed by atoms with E-state index in [-0.39, 0.29) is 25.5 Å². The molecule has 0 radical (unpaired) electrons. The monoisotopic (exact) mass is 414 g/mol. The summed E-state index contributed by atoms with van der Waals surface area (Å²) in [4.78, 5) is 28.6. The fraction of sp³-hybridized carbons (Fsp3) is 0.478. The van der Waals surface area contributed by atoms with Crippen molar-refractivity contribution in [1.82, 2.24) is 9.80 Å². The maximum Gasteiger partial charge on any atom is 0.320 e. The number of carboxylic acid groups (broad SMARTS) is 1. The highest BCUT2D eigenvalue weighted by atomic mass is 16.5. The number of piperazine rings is 1. The Balaban J connectivity index is 1.63. The van der Waals surface area contributed by atoms with E-state index in [2.05, 4.69) is 16.8 Å². The van der Waals surface area contributed by atoms with Crippen LogP contribution in [0.2, 0.25) is 0 Å². The Morgan fingerprint density at radius 1 is 1.07 bits per heavy atom. The molecule has 0 bridgehead atoms. The number of likely N-dealkylation sites (N-methyl/N-ethyl adjacent to an activating group) is 1. The van der Waals surface area contributed by atoms with E-state index in [0.717, 1.165) is 42.7 Å². The zero-order valence-electron chi connectivity index (χ0n) is 17.9. The number of carboxylic acids is 1. The van der Waals surface area contributed by atoms with Crippen LogP contribution in [-0.4, -0.2) is 80.3 Å². The second-order valence-electron chi connectivity index (χ2n) is 8.12. The van der Waals surface area contributed by atoms with Crippen LogP contribution in [0.4, 0.5) is 0 Å². The maximum absolute atomic E-state index is 12.2. The molecule has 0 aliphatic carbocycles. The normalized spacial score (nSPS) is 17.4. The molecule has 1 N–H and O–H groups in total. The van der Waals surface area contributed by atoms with Crippen molar-refractivity contribution in [1.29, 1.82) is 0 Å². The van der Waals surface area contributed by atoms with Crippen LogP contribution in [0.5, 0.6) is 5.75 Å². The molecular weight excluding hydrogens is 384 g/mol. The second-order valence-corrected chi connectivity index (χ2v) is 8.12. The smallest absolute Gasteiger partial charge is 0.320 e. The Morgan fingerprint density at radius 2 is 1.73 bits per heavy atom.